The zero-order valence-electron chi connectivity index (χ0n) is 8.70. The molecule has 5 heteroatoms. The molecule has 1 saturated heterocycles. The fraction of sp³-hybridized carbons (Fsp3) is 0.500. The molecule has 1 aromatic heterocycles. The maximum absolute atomic E-state index is 11.7. The molecule has 0 unspecified atom stereocenters. The highest BCUT2D eigenvalue weighted by Crippen LogP contribution is 2.31. The number of carbonyl (C=O) groups excluding carboxylic acids is 1. The van der Waals surface area contributed by atoms with Gasteiger partial charge < -0.3 is 0 Å². The van der Waals surface area contributed by atoms with E-state index in [2.05, 4.69) is 39.7 Å². The van der Waals surface area contributed by atoms with Gasteiger partial charge in [-0.1, -0.05) is 13.8 Å². The summed E-state index contributed by atoms with van der Waals surface area (Å²) in [5, 5.41) is 0. The smallest absolute Gasteiger partial charge is 0.232 e. The van der Waals surface area contributed by atoms with Crippen molar-refractivity contribution in [2.45, 2.75) is 20.3 Å². The molecule has 2 heterocycles. The Morgan fingerprint density at radius 1 is 1.40 bits per heavy atom. The van der Waals surface area contributed by atoms with Gasteiger partial charge in [0.25, 0.3) is 0 Å². The van der Waals surface area contributed by atoms with Crippen LogP contribution in [0.1, 0.15) is 20.3 Å². The van der Waals surface area contributed by atoms with Gasteiger partial charge in [-0.3, -0.25) is 9.69 Å². The summed E-state index contributed by atoms with van der Waals surface area (Å²) in [6.45, 7) is 4.83. The molecule has 0 aliphatic carbocycles. The van der Waals surface area contributed by atoms with Gasteiger partial charge in [-0.15, -0.1) is 0 Å². The van der Waals surface area contributed by atoms with Crippen LogP contribution in [0.2, 0.25) is 0 Å². The van der Waals surface area contributed by atoms with Gasteiger partial charge in [0, 0.05) is 25.4 Å². The number of rotatable bonds is 1. The van der Waals surface area contributed by atoms with E-state index in [1.165, 1.54) is 0 Å². The topological polar surface area (TPSA) is 46.1 Å². The minimum absolute atomic E-state index is 0.0213. The maximum Gasteiger partial charge on any atom is 0.232 e. The van der Waals surface area contributed by atoms with Gasteiger partial charge in [0.05, 0.1) is 4.47 Å². The maximum atomic E-state index is 11.7. The Hall–Kier alpha value is -0.970. The molecular weight excluding hydrogens is 258 g/mol. The second kappa shape index (κ2) is 3.56. The lowest BCUT2D eigenvalue weighted by molar-refractivity contribution is -0.117. The van der Waals surface area contributed by atoms with E-state index >= 15 is 0 Å². The number of hydrogen-bond acceptors (Lipinski definition) is 3. The Bertz CT molecular complexity index is 388. The van der Waals surface area contributed by atoms with Crippen molar-refractivity contribution in [3.63, 3.8) is 0 Å². The second-order valence-corrected chi connectivity index (χ2v) is 5.44. The van der Waals surface area contributed by atoms with Crippen molar-refractivity contribution in [2.75, 3.05) is 11.4 Å². The lowest BCUT2D eigenvalue weighted by Crippen LogP contribution is -2.27. The van der Waals surface area contributed by atoms with Crippen LogP contribution in [0.3, 0.4) is 0 Å². The summed E-state index contributed by atoms with van der Waals surface area (Å²) in [5.41, 5.74) is 0.0213. The fourth-order valence-corrected chi connectivity index (χ4v) is 1.91. The first-order valence-electron chi connectivity index (χ1n) is 4.76. The van der Waals surface area contributed by atoms with E-state index in [-0.39, 0.29) is 11.3 Å². The van der Waals surface area contributed by atoms with Crippen molar-refractivity contribution >= 4 is 27.8 Å². The van der Waals surface area contributed by atoms with E-state index in [4.69, 9.17) is 0 Å². The number of halogens is 1. The summed E-state index contributed by atoms with van der Waals surface area (Å²) in [6, 6.07) is 0. The van der Waals surface area contributed by atoms with Crippen LogP contribution in [0.5, 0.6) is 0 Å². The van der Waals surface area contributed by atoms with Crippen LogP contribution in [0.25, 0.3) is 0 Å². The largest absolute Gasteiger partial charge is 0.280 e. The monoisotopic (exact) mass is 269 g/mol. The van der Waals surface area contributed by atoms with Gasteiger partial charge in [0.2, 0.25) is 11.9 Å². The first kappa shape index (κ1) is 10.5. The molecule has 2 rings (SSSR count). The first-order valence-corrected chi connectivity index (χ1v) is 5.55. The Morgan fingerprint density at radius 2 is 2.00 bits per heavy atom. The number of hydrogen-bond donors (Lipinski definition) is 0. The lowest BCUT2D eigenvalue weighted by Gasteiger charge is -2.17. The van der Waals surface area contributed by atoms with Crippen molar-refractivity contribution in [1.82, 2.24) is 9.97 Å². The van der Waals surface area contributed by atoms with Gasteiger partial charge in [-0.05, 0) is 21.3 Å². The van der Waals surface area contributed by atoms with Gasteiger partial charge in [-0.2, -0.15) is 0 Å². The van der Waals surface area contributed by atoms with E-state index in [1.807, 2.05) is 0 Å². The zero-order valence-corrected chi connectivity index (χ0v) is 10.3. The van der Waals surface area contributed by atoms with Crippen molar-refractivity contribution in [2.24, 2.45) is 5.41 Å². The van der Waals surface area contributed by atoms with Gasteiger partial charge in [-0.25, -0.2) is 9.97 Å². The first-order chi connectivity index (χ1) is 6.98. The van der Waals surface area contributed by atoms with Crippen LogP contribution in [0.15, 0.2) is 16.9 Å². The summed E-state index contributed by atoms with van der Waals surface area (Å²) in [7, 11) is 0. The molecule has 0 spiro atoms. The zero-order chi connectivity index (χ0) is 11.1. The molecule has 0 saturated carbocycles. The van der Waals surface area contributed by atoms with Gasteiger partial charge in [0.1, 0.15) is 0 Å². The second-order valence-electron chi connectivity index (χ2n) is 4.52. The Kier molecular flexibility index (Phi) is 2.50. The van der Waals surface area contributed by atoms with E-state index < -0.39 is 0 Å². The summed E-state index contributed by atoms with van der Waals surface area (Å²) in [5.74, 6) is 0.594. The summed E-state index contributed by atoms with van der Waals surface area (Å²) in [4.78, 5) is 21.6. The number of amides is 1. The third-order valence-electron chi connectivity index (χ3n) is 2.37. The number of anilines is 1. The average molecular weight is 270 g/mol. The van der Waals surface area contributed by atoms with Crippen LogP contribution < -0.4 is 4.90 Å². The van der Waals surface area contributed by atoms with Gasteiger partial charge >= 0.3 is 0 Å². The van der Waals surface area contributed by atoms with Crippen LogP contribution in [0.4, 0.5) is 5.95 Å². The molecule has 4 nitrogen and oxygen atoms in total. The van der Waals surface area contributed by atoms with Crippen LogP contribution >= 0.6 is 15.9 Å². The SMILES string of the molecule is CC1(C)CC(=O)N(c2ncc(Br)cn2)C1. The molecule has 1 aromatic rings. The number of carbonyl (C=O) groups is 1. The van der Waals surface area contributed by atoms with Crippen molar-refractivity contribution < 1.29 is 4.79 Å². The van der Waals surface area contributed by atoms with Gasteiger partial charge in [0.15, 0.2) is 0 Å². The predicted molar refractivity (Wildman–Crippen MR) is 60.5 cm³/mol. The van der Waals surface area contributed by atoms with Crippen molar-refractivity contribution in [1.29, 1.82) is 0 Å². The van der Waals surface area contributed by atoms with E-state index in [0.717, 1.165) is 4.47 Å². The molecule has 1 aliphatic rings. The molecular formula is C10H12BrN3O. The molecule has 0 bridgehead atoms. The Balaban J connectivity index is 2.25. The minimum Gasteiger partial charge on any atom is -0.280 e. The van der Waals surface area contributed by atoms with Crippen LogP contribution in [-0.2, 0) is 4.79 Å². The highest BCUT2D eigenvalue weighted by Gasteiger charge is 2.37. The molecule has 0 aromatic carbocycles. The summed E-state index contributed by atoms with van der Waals surface area (Å²) >= 11 is 3.26. The van der Waals surface area contributed by atoms with E-state index in [0.29, 0.717) is 18.9 Å². The molecule has 1 fully saturated rings. The quantitative estimate of drug-likeness (QED) is 0.784. The fourth-order valence-electron chi connectivity index (χ4n) is 1.70. The highest BCUT2D eigenvalue weighted by atomic mass is 79.9. The minimum atomic E-state index is 0.0213. The molecule has 0 radical (unpaired) electrons. The normalized spacial score (nSPS) is 19.7. The molecule has 15 heavy (non-hydrogen) atoms. The molecule has 0 atom stereocenters. The van der Waals surface area contributed by atoms with Crippen molar-refractivity contribution in [3.05, 3.63) is 16.9 Å². The highest BCUT2D eigenvalue weighted by molar-refractivity contribution is 9.10. The Labute approximate surface area is 96.8 Å². The molecule has 1 aliphatic heterocycles. The average Bonchev–Trinajstić information content (AvgIpc) is 2.41. The van der Waals surface area contributed by atoms with E-state index in [1.54, 1.807) is 17.3 Å². The standard InChI is InChI=1S/C10H12BrN3O/c1-10(2)3-8(15)14(6-10)9-12-4-7(11)5-13-9/h4-5H,3,6H2,1-2H3. The Morgan fingerprint density at radius 3 is 2.47 bits per heavy atom. The van der Waals surface area contributed by atoms with Crippen LogP contribution in [0, 0.1) is 5.41 Å². The molecule has 0 N–H and O–H groups in total. The molecule has 1 amide bonds. The van der Waals surface area contributed by atoms with Crippen LogP contribution in [-0.4, -0.2) is 22.4 Å². The predicted octanol–water partition coefficient (Wildman–Crippen LogP) is 2.00. The number of nitrogens with zero attached hydrogens (tertiary/aromatic N) is 3. The third-order valence-corrected chi connectivity index (χ3v) is 2.77. The lowest BCUT2D eigenvalue weighted by atomic mass is 9.93. The third kappa shape index (κ3) is 2.17. The van der Waals surface area contributed by atoms with Crippen molar-refractivity contribution in [3.8, 4) is 0 Å². The summed E-state index contributed by atoms with van der Waals surface area (Å²) in [6.07, 6.45) is 3.87. The summed E-state index contributed by atoms with van der Waals surface area (Å²) < 4.78 is 0.817. The number of aromatic nitrogens is 2. The van der Waals surface area contributed by atoms with E-state index in [9.17, 15) is 4.79 Å². The molecule has 80 valence electrons.